The van der Waals surface area contributed by atoms with Gasteiger partial charge in [0.2, 0.25) is 5.91 Å². The van der Waals surface area contributed by atoms with Gasteiger partial charge in [0.15, 0.2) is 17.6 Å². The first-order valence-electron chi connectivity index (χ1n) is 10.5. The molecule has 1 amide bonds. The lowest BCUT2D eigenvalue weighted by molar-refractivity contribution is -0.138. The molecule has 0 aliphatic carbocycles. The maximum absolute atomic E-state index is 12.8. The van der Waals surface area contributed by atoms with E-state index in [4.69, 9.17) is 14.3 Å². The summed E-state index contributed by atoms with van der Waals surface area (Å²) in [7, 11) is 3.11. The number of hydrogen-bond donors (Lipinski definition) is 0. The standard InChI is InChI=1S/C24H27F3N2O4/c1-15(2)23(30)29(13-16-5-8-18(9-6-16)24(25,26)27)14-19-12-20(28-33-19)17-7-10-21(31-3)22(11-17)32-4/h5-11,15,19H,12-14H2,1-4H3/t19-/m0/s1. The van der Waals surface area contributed by atoms with Gasteiger partial charge < -0.3 is 19.2 Å². The van der Waals surface area contributed by atoms with Crippen molar-refractivity contribution in [2.24, 2.45) is 11.1 Å². The molecular weight excluding hydrogens is 437 g/mol. The Morgan fingerprint density at radius 1 is 1.12 bits per heavy atom. The molecule has 0 spiro atoms. The van der Waals surface area contributed by atoms with Gasteiger partial charge in [0, 0.05) is 24.4 Å². The minimum atomic E-state index is -4.40. The molecular formula is C24H27F3N2O4. The summed E-state index contributed by atoms with van der Waals surface area (Å²) in [6.45, 7) is 4.01. The van der Waals surface area contributed by atoms with E-state index >= 15 is 0 Å². The van der Waals surface area contributed by atoms with Gasteiger partial charge in [-0.05, 0) is 35.9 Å². The van der Waals surface area contributed by atoms with Gasteiger partial charge in [-0.1, -0.05) is 31.1 Å². The number of alkyl halides is 3. The van der Waals surface area contributed by atoms with E-state index < -0.39 is 11.7 Å². The van der Waals surface area contributed by atoms with E-state index in [1.807, 2.05) is 12.1 Å². The van der Waals surface area contributed by atoms with E-state index in [1.54, 1.807) is 39.0 Å². The number of hydrogen-bond acceptors (Lipinski definition) is 5. The lowest BCUT2D eigenvalue weighted by atomic mass is 10.0. The predicted molar refractivity (Wildman–Crippen MR) is 117 cm³/mol. The maximum atomic E-state index is 12.8. The van der Waals surface area contributed by atoms with Crippen molar-refractivity contribution in [3.05, 3.63) is 59.2 Å². The third-order valence-electron chi connectivity index (χ3n) is 5.33. The summed E-state index contributed by atoms with van der Waals surface area (Å²) < 4.78 is 49.1. The minimum absolute atomic E-state index is 0.113. The fourth-order valence-corrected chi connectivity index (χ4v) is 3.58. The van der Waals surface area contributed by atoms with Gasteiger partial charge >= 0.3 is 6.18 Å². The van der Waals surface area contributed by atoms with E-state index in [2.05, 4.69) is 5.16 Å². The molecule has 33 heavy (non-hydrogen) atoms. The summed E-state index contributed by atoms with van der Waals surface area (Å²) in [6.07, 6.45) is -4.29. The average molecular weight is 464 g/mol. The van der Waals surface area contributed by atoms with Gasteiger partial charge in [0.25, 0.3) is 0 Å². The molecule has 0 saturated carbocycles. The van der Waals surface area contributed by atoms with Crippen LogP contribution < -0.4 is 9.47 Å². The molecule has 1 aliphatic heterocycles. The van der Waals surface area contributed by atoms with Crippen LogP contribution in [0.5, 0.6) is 11.5 Å². The number of nitrogens with zero attached hydrogens (tertiary/aromatic N) is 2. The Morgan fingerprint density at radius 2 is 1.79 bits per heavy atom. The summed E-state index contributed by atoms with van der Waals surface area (Å²) in [4.78, 5) is 20.0. The highest BCUT2D eigenvalue weighted by atomic mass is 19.4. The van der Waals surface area contributed by atoms with Gasteiger partial charge in [0.1, 0.15) is 0 Å². The van der Waals surface area contributed by atoms with Crippen molar-refractivity contribution < 1.29 is 32.3 Å². The fourth-order valence-electron chi connectivity index (χ4n) is 3.58. The van der Waals surface area contributed by atoms with Crippen LogP contribution in [-0.4, -0.2) is 43.4 Å². The predicted octanol–water partition coefficient (Wildman–Crippen LogP) is 4.90. The Bertz CT molecular complexity index is 1000. The van der Waals surface area contributed by atoms with E-state index in [9.17, 15) is 18.0 Å². The Hall–Kier alpha value is -3.23. The molecule has 178 valence electrons. The topological polar surface area (TPSA) is 60.4 Å². The van der Waals surface area contributed by atoms with Crippen molar-refractivity contribution in [1.82, 2.24) is 4.90 Å². The molecule has 2 aromatic carbocycles. The van der Waals surface area contributed by atoms with Crippen LogP contribution >= 0.6 is 0 Å². The second-order valence-corrected chi connectivity index (χ2v) is 8.11. The zero-order chi connectivity index (χ0) is 24.2. The van der Waals surface area contributed by atoms with Gasteiger partial charge in [-0.15, -0.1) is 0 Å². The fraction of sp³-hybridized carbons (Fsp3) is 0.417. The quantitative estimate of drug-likeness (QED) is 0.558. The third-order valence-corrected chi connectivity index (χ3v) is 5.33. The van der Waals surface area contributed by atoms with E-state index in [0.29, 0.717) is 29.2 Å². The lowest BCUT2D eigenvalue weighted by Crippen LogP contribution is -2.39. The number of benzene rings is 2. The number of halogens is 3. The smallest absolute Gasteiger partial charge is 0.416 e. The minimum Gasteiger partial charge on any atom is -0.493 e. The molecule has 0 N–H and O–H groups in total. The van der Waals surface area contributed by atoms with Crippen LogP contribution in [0.15, 0.2) is 47.6 Å². The number of amides is 1. The van der Waals surface area contributed by atoms with Crippen molar-refractivity contribution >= 4 is 11.6 Å². The Balaban J connectivity index is 1.70. The Kier molecular flexibility index (Phi) is 7.50. The molecule has 9 heteroatoms. The molecule has 0 saturated heterocycles. The van der Waals surface area contributed by atoms with Crippen LogP contribution in [-0.2, 0) is 22.4 Å². The number of methoxy groups -OCH3 is 2. The molecule has 6 nitrogen and oxygen atoms in total. The number of carbonyl (C=O) groups is 1. The second kappa shape index (κ2) is 10.1. The highest BCUT2D eigenvalue weighted by molar-refractivity contribution is 6.01. The van der Waals surface area contributed by atoms with Crippen molar-refractivity contribution in [3.8, 4) is 11.5 Å². The highest BCUT2D eigenvalue weighted by Gasteiger charge is 2.31. The Labute approximate surface area is 190 Å². The first-order chi connectivity index (χ1) is 15.6. The van der Waals surface area contributed by atoms with E-state index in [0.717, 1.165) is 17.7 Å². The summed E-state index contributed by atoms with van der Waals surface area (Å²) in [5.41, 5.74) is 1.42. The molecule has 3 rings (SSSR count). The normalized spacial score (nSPS) is 15.8. The summed E-state index contributed by atoms with van der Waals surface area (Å²) in [5, 5.41) is 4.18. The molecule has 2 aromatic rings. The first kappa shape index (κ1) is 24.4. The third kappa shape index (κ3) is 5.97. The molecule has 0 radical (unpaired) electrons. The first-order valence-corrected chi connectivity index (χ1v) is 10.5. The monoisotopic (exact) mass is 464 g/mol. The average Bonchev–Trinajstić information content (AvgIpc) is 3.25. The van der Waals surface area contributed by atoms with Crippen molar-refractivity contribution in [3.63, 3.8) is 0 Å². The van der Waals surface area contributed by atoms with Gasteiger partial charge in [-0.2, -0.15) is 13.2 Å². The largest absolute Gasteiger partial charge is 0.493 e. The zero-order valence-electron chi connectivity index (χ0n) is 19.0. The van der Waals surface area contributed by atoms with Crippen molar-refractivity contribution in [2.75, 3.05) is 20.8 Å². The van der Waals surface area contributed by atoms with Gasteiger partial charge in [-0.25, -0.2) is 0 Å². The summed E-state index contributed by atoms with van der Waals surface area (Å²) in [5.74, 6) is 0.785. The highest BCUT2D eigenvalue weighted by Crippen LogP contribution is 2.31. The van der Waals surface area contributed by atoms with Crippen molar-refractivity contribution in [2.45, 2.75) is 39.1 Å². The molecule has 1 heterocycles. The van der Waals surface area contributed by atoms with Crippen LogP contribution in [0.4, 0.5) is 13.2 Å². The molecule has 1 atom stereocenters. The van der Waals surface area contributed by atoms with Crippen molar-refractivity contribution in [1.29, 1.82) is 0 Å². The van der Waals surface area contributed by atoms with Gasteiger partial charge in [0.05, 0.1) is 32.0 Å². The molecule has 0 unspecified atom stereocenters. The van der Waals surface area contributed by atoms with Crippen LogP contribution in [0.3, 0.4) is 0 Å². The molecule has 1 aliphatic rings. The number of ether oxygens (including phenoxy) is 2. The number of oxime groups is 1. The van der Waals surface area contributed by atoms with Crippen LogP contribution in [0.1, 0.15) is 37.0 Å². The van der Waals surface area contributed by atoms with E-state index in [1.165, 1.54) is 12.1 Å². The van der Waals surface area contributed by atoms with Crippen LogP contribution in [0.2, 0.25) is 0 Å². The summed E-state index contributed by atoms with van der Waals surface area (Å²) >= 11 is 0. The lowest BCUT2D eigenvalue weighted by Gasteiger charge is -2.26. The maximum Gasteiger partial charge on any atom is 0.416 e. The van der Waals surface area contributed by atoms with Gasteiger partial charge in [-0.3, -0.25) is 4.79 Å². The van der Waals surface area contributed by atoms with Crippen LogP contribution in [0.25, 0.3) is 0 Å². The summed E-state index contributed by atoms with van der Waals surface area (Å²) in [6, 6.07) is 10.3. The zero-order valence-corrected chi connectivity index (χ0v) is 19.0. The number of carbonyl (C=O) groups excluding carboxylic acids is 1. The van der Waals surface area contributed by atoms with E-state index in [-0.39, 0.29) is 31.0 Å². The Morgan fingerprint density at radius 3 is 2.36 bits per heavy atom. The molecule has 0 fully saturated rings. The van der Waals surface area contributed by atoms with Crippen LogP contribution in [0, 0.1) is 5.92 Å². The molecule has 0 aromatic heterocycles. The second-order valence-electron chi connectivity index (χ2n) is 8.11. The molecule has 0 bridgehead atoms. The number of rotatable bonds is 8. The SMILES string of the molecule is COc1ccc(C2=NO[C@H](CN(Cc3ccc(C(F)(F)F)cc3)C(=O)C(C)C)C2)cc1OC.